The van der Waals surface area contributed by atoms with Gasteiger partial charge in [-0.3, -0.25) is 12.2 Å². The molecule has 0 heterocycles. The fourth-order valence-corrected chi connectivity index (χ4v) is 5.38. The van der Waals surface area contributed by atoms with Crippen LogP contribution >= 0.6 is 0 Å². The second-order valence-electron chi connectivity index (χ2n) is 12.1. The van der Waals surface area contributed by atoms with Crippen LogP contribution in [0.25, 0.3) is 22.3 Å². The van der Waals surface area contributed by atoms with Gasteiger partial charge in [0.05, 0.1) is 0 Å². The van der Waals surface area contributed by atoms with E-state index in [1.165, 1.54) is 55.7 Å². The van der Waals surface area contributed by atoms with Crippen molar-refractivity contribution in [2.75, 3.05) is 0 Å². The van der Waals surface area contributed by atoms with Gasteiger partial charge in [0.15, 0.2) is 0 Å². The van der Waals surface area contributed by atoms with Gasteiger partial charge in [-0.05, 0) is 12.8 Å². The molecule has 4 aromatic carbocycles. The Morgan fingerprint density at radius 2 is 0.880 bits per heavy atom. The van der Waals surface area contributed by atoms with E-state index < -0.39 is 0 Å². The summed E-state index contributed by atoms with van der Waals surface area (Å²) in [6, 6.07) is 36.2. The first-order valence-corrected chi connectivity index (χ1v) is 26.6. The zero-order valence-corrected chi connectivity index (χ0v) is 37.0. The molecule has 0 spiro atoms. The average molecular weight is 800 g/mol. The molecule has 0 bridgehead atoms. The van der Waals surface area contributed by atoms with Crippen LogP contribution in [-0.4, -0.2) is 12.4 Å². The van der Waals surface area contributed by atoms with E-state index in [1.54, 1.807) is 0 Å². The molecule has 0 radical (unpaired) electrons. The van der Waals surface area contributed by atoms with Crippen molar-refractivity contribution in [2.45, 2.75) is 78.6 Å². The van der Waals surface area contributed by atoms with Gasteiger partial charge in [0, 0.05) is 0 Å². The summed E-state index contributed by atoms with van der Waals surface area (Å²) >= 11 is 4.54. The molecule has 0 aliphatic heterocycles. The summed E-state index contributed by atoms with van der Waals surface area (Å²) in [4.78, 5) is 0. The maximum atomic E-state index is 3.30. The third kappa shape index (κ3) is 16.3. The molecule has 0 atom stereocenters. The summed E-state index contributed by atoms with van der Waals surface area (Å²) in [5, 5.41) is 0. The fourth-order valence-electron chi connectivity index (χ4n) is 5.38. The van der Waals surface area contributed by atoms with Crippen LogP contribution < -0.4 is 24.8 Å². The summed E-state index contributed by atoms with van der Waals surface area (Å²) in [7, 11) is 0. The van der Waals surface area contributed by atoms with Gasteiger partial charge in [0.2, 0.25) is 0 Å². The number of rotatable bonds is 2. The minimum absolute atomic E-state index is 0. The van der Waals surface area contributed by atoms with Crippen LogP contribution in [0.4, 0.5) is 0 Å². The first-order valence-electron chi connectivity index (χ1n) is 16.9. The monoisotopic (exact) mass is 798 g/mol. The molecular weight excluding hydrogens is 751 g/mol. The molecule has 0 saturated carbocycles. The SMILES string of the molecule is CCC1=[C-]CC=C1.CCC1=[C-]CC=C1.C[Si](C)=[Ti+2].C[Si](C)=[Ti+2].[Cl-].[Cl-].[c-]1cccc2c1Cc1ccccc1-2.[c-]1cccc2c1Cc1ccccc1-2. The molecule has 0 unspecified atom stereocenters. The molecule has 8 rings (SSSR count). The van der Waals surface area contributed by atoms with Gasteiger partial charge in [-0.2, -0.15) is 71.8 Å². The van der Waals surface area contributed by atoms with Crippen molar-refractivity contribution in [2.24, 2.45) is 0 Å². The second kappa shape index (κ2) is 26.1. The van der Waals surface area contributed by atoms with Gasteiger partial charge in [0.1, 0.15) is 0 Å². The average Bonchev–Trinajstić information content (AvgIpc) is 3.91. The maximum Gasteiger partial charge on any atom is -0.0253 e. The zero-order valence-electron chi connectivity index (χ0n) is 30.4. The number of halogens is 2. The minimum atomic E-state index is 0. The maximum absolute atomic E-state index is 3.30. The topological polar surface area (TPSA) is 0 Å². The van der Waals surface area contributed by atoms with Gasteiger partial charge < -0.3 is 24.8 Å². The van der Waals surface area contributed by atoms with Crippen molar-refractivity contribution in [3.8, 4) is 22.3 Å². The van der Waals surface area contributed by atoms with Crippen LogP contribution in [-0.2, 0) is 51.2 Å². The van der Waals surface area contributed by atoms with E-state index in [-0.39, 0.29) is 37.2 Å². The Hall–Kier alpha value is -1.72. The molecule has 0 fully saturated rings. The number of allylic oxidation sites excluding steroid dienone is 8. The predicted molar refractivity (Wildman–Crippen MR) is 204 cm³/mol. The summed E-state index contributed by atoms with van der Waals surface area (Å²) < 4.78 is 0. The normalized spacial score (nSPS) is 12.4. The Kier molecular flexibility index (Phi) is 24.2. The standard InChI is InChI=1S/2C13H9.2C7H9.2C2H6Si.2ClH.2Ti/c2*1-3-7-12-10(5-1)9-11-6-2-4-8-13(11)12;2*1-2-7-5-3-4-6-7;2*1-3-2;;;;/h2*1-5,7-8H,9H2;2*3,5H,2,4H2,1H3;2*1-2H3;2*1H;;/q4*-1;;;;;2*+2/p-2. The molecule has 0 N–H and O–H groups in total. The van der Waals surface area contributed by atoms with E-state index in [2.05, 4.69) is 200 Å². The summed E-state index contributed by atoms with van der Waals surface area (Å²) in [5.41, 5.74) is 13.7. The molecule has 0 amide bonds. The first kappa shape index (κ1) is 46.3. The molecule has 0 aromatic heterocycles. The fraction of sp³-hybridized carbons (Fsp3) is 0.273. The van der Waals surface area contributed by atoms with Gasteiger partial charge >= 0.3 is 76.9 Å². The van der Waals surface area contributed by atoms with Crippen molar-refractivity contribution < 1.29 is 63.2 Å². The van der Waals surface area contributed by atoms with Crippen molar-refractivity contribution in [3.63, 3.8) is 0 Å². The largest absolute Gasteiger partial charge is 1.00 e. The van der Waals surface area contributed by atoms with E-state index >= 15 is 0 Å². The van der Waals surface area contributed by atoms with Crippen LogP contribution in [0.1, 0.15) is 61.8 Å². The number of hydrogen-bond donors (Lipinski definition) is 0. The molecular formula is C44H48Cl2Si2Ti2-2. The van der Waals surface area contributed by atoms with E-state index in [0.29, 0.717) is 0 Å². The van der Waals surface area contributed by atoms with E-state index in [0.717, 1.165) is 38.5 Å². The van der Waals surface area contributed by atoms with Crippen molar-refractivity contribution in [1.29, 1.82) is 0 Å². The third-order valence-corrected chi connectivity index (χ3v) is 7.53. The van der Waals surface area contributed by atoms with Gasteiger partial charge in [0.25, 0.3) is 0 Å². The zero-order chi connectivity index (χ0) is 34.7. The molecule has 4 aromatic rings. The number of benzene rings is 4. The molecule has 0 nitrogen and oxygen atoms in total. The Bertz CT molecular complexity index is 1560. The second-order valence-corrected chi connectivity index (χ2v) is 25.5. The minimum Gasteiger partial charge on any atom is -1.00 e. The molecule has 50 heavy (non-hydrogen) atoms. The van der Waals surface area contributed by atoms with Crippen molar-refractivity contribution in [1.82, 2.24) is 0 Å². The Labute approximate surface area is 340 Å². The van der Waals surface area contributed by atoms with Gasteiger partial charge in [-0.25, -0.2) is 23.3 Å². The molecule has 6 heteroatoms. The van der Waals surface area contributed by atoms with Crippen molar-refractivity contribution >= 4 is 12.4 Å². The Morgan fingerprint density at radius 1 is 0.540 bits per heavy atom. The smallest absolute Gasteiger partial charge is 0.0253 e. The molecule has 0 saturated heterocycles. The van der Waals surface area contributed by atoms with E-state index in [1.807, 2.05) is 12.1 Å². The summed E-state index contributed by atoms with van der Waals surface area (Å²) in [6.07, 6.45) is 21.6. The van der Waals surface area contributed by atoms with E-state index in [9.17, 15) is 0 Å². The number of hydrogen-bond acceptors (Lipinski definition) is 0. The summed E-state index contributed by atoms with van der Waals surface area (Å²) in [5.74, 6) is 0. The van der Waals surface area contributed by atoms with E-state index in [4.69, 9.17) is 0 Å². The molecule has 4 aliphatic carbocycles. The van der Waals surface area contributed by atoms with Gasteiger partial charge in [-0.1, -0.05) is 97.5 Å². The summed E-state index contributed by atoms with van der Waals surface area (Å²) in [6.45, 7) is 13.4. The van der Waals surface area contributed by atoms with Crippen LogP contribution in [0.15, 0.2) is 120 Å². The molecule has 4 aliphatic rings. The third-order valence-electron chi connectivity index (χ3n) is 7.53. The first-order chi connectivity index (χ1) is 23.2. The van der Waals surface area contributed by atoms with Crippen LogP contribution in [0.2, 0.25) is 26.2 Å². The quantitative estimate of drug-likeness (QED) is 0.152. The van der Waals surface area contributed by atoms with Crippen LogP contribution in [0.5, 0.6) is 0 Å². The molecule has 256 valence electrons. The van der Waals surface area contributed by atoms with Crippen LogP contribution in [0.3, 0.4) is 0 Å². The predicted octanol–water partition coefficient (Wildman–Crippen LogP) is 5.86. The van der Waals surface area contributed by atoms with Crippen LogP contribution in [0, 0.1) is 24.3 Å². The number of fused-ring (bicyclic) bond motifs is 6. The van der Waals surface area contributed by atoms with Crippen molar-refractivity contribution in [3.05, 3.63) is 167 Å². The Morgan fingerprint density at radius 3 is 1.18 bits per heavy atom. The van der Waals surface area contributed by atoms with Gasteiger partial charge in [-0.15, -0.1) is 24.0 Å². The Balaban J connectivity index is 0.000000317.